The van der Waals surface area contributed by atoms with Gasteiger partial charge < -0.3 is 15.2 Å². The summed E-state index contributed by atoms with van der Waals surface area (Å²) in [5, 5.41) is 14.4. The molecule has 2 fully saturated rings. The number of hydrogen-bond donors (Lipinski definition) is 2. The molecule has 21 heavy (non-hydrogen) atoms. The number of piperidine rings is 1. The average Bonchev–Trinajstić information content (AvgIpc) is 2.91. The molecule has 2 unspecified atom stereocenters. The van der Waals surface area contributed by atoms with Crippen LogP contribution in [-0.4, -0.2) is 42.3 Å². The summed E-state index contributed by atoms with van der Waals surface area (Å²) in [6.07, 6.45) is 5.12. The van der Waals surface area contributed by atoms with E-state index in [1.807, 2.05) is 0 Å². The standard InChI is InChI=1S/C16H23ClN2O2/c1-21-15-9-12(17)8-11(16(15)20)10-18-13-5-7-19-6-3-2-4-14(13)19/h8-9,13-14,18,20H,2-7,10H2,1H3. The highest BCUT2D eigenvalue weighted by molar-refractivity contribution is 6.30. The second kappa shape index (κ2) is 6.42. The second-order valence-corrected chi connectivity index (χ2v) is 6.43. The highest BCUT2D eigenvalue weighted by atomic mass is 35.5. The summed E-state index contributed by atoms with van der Waals surface area (Å²) >= 11 is 6.08. The fraction of sp³-hybridized carbons (Fsp3) is 0.625. The third-order valence-corrected chi connectivity index (χ3v) is 4.97. The minimum atomic E-state index is 0.188. The molecule has 4 nitrogen and oxygen atoms in total. The predicted molar refractivity (Wildman–Crippen MR) is 84.1 cm³/mol. The normalized spacial score (nSPS) is 25.8. The van der Waals surface area contributed by atoms with E-state index in [-0.39, 0.29) is 5.75 Å². The van der Waals surface area contributed by atoms with Crippen molar-refractivity contribution in [3.63, 3.8) is 0 Å². The van der Waals surface area contributed by atoms with Gasteiger partial charge in [0, 0.05) is 41.8 Å². The molecule has 2 aliphatic heterocycles. The van der Waals surface area contributed by atoms with E-state index in [1.54, 1.807) is 19.2 Å². The van der Waals surface area contributed by atoms with Crippen molar-refractivity contribution in [1.29, 1.82) is 0 Å². The zero-order chi connectivity index (χ0) is 14.8. The van der Waals surface area contributed by atoms with Gasteiger partial charge in [0.15, 0.2) is 11.5 Å². The molecule has 0 saturated carbocycles. The largest absolute Gasteiger partial charge is 0.504 e. The summed E-state index contributed by atoms with van der Waals surface area (Å²) in [4.78, 5) is 2.60. The van der Waals surface area contributed by atoms with Crippen molar-refractivity contribution in [1.82, 2.24) is 10.2 Å². The lowest BCUT2D eigenvalue weighted by molar-refractivity contribution is 0.180. The maximum Gasteiger partial charge on any atom is 0.162 e. The molecular formula is C16H23ClN2O2. The van der Waals surface area contributed by atoms with Crippen molar-refractivity contribution in [3.8, 4) is 11.5 Å². The van der Waals surface area contributed by atoms with Crippen molar-refractivity contribution in [2.45, 2.75) is 44.3 Å². The smallest absolute Gasteiger partial charge is 0.162 e. The Morgan fingerprint density at radius 2 is 2.19 bits per heavy atom. The molecule has 2 atom stereocenters. The van der Waals surface area contributed by atoms with Crippen molar-refractivity contribution in [2.24, 2.45) is 0 Å². The van der Waals surface area contributed by atoms with E-state index in [2.05, 4.69) is 10.2 Å². The Kier molecular flexibility index (Phi) is 4.57. The van der Waals surface area contributed by atoms with Crippen LogP contribution >= 0.6 is 11.6 Å². The quantitative estimate of drug-likeness (QED) is 0.897. The molecule has 0 aromatic heterocycles. The Morgan fingerprint density at radius 3 is 3.00 bits per heavy atom. The summed E-state index contributed by atoms with van der Waals surface area (Å²) < 4.78 is 5.15. The summed E-state index contributed by atoms with van der Waals surface area (Å²) in [6.45, 7) is 3.05. The van der Waals surface area contributed by atoms with Crippen LogP contribution in [0.4, 0.5) is 0 Å². The average molecular weight is 311 g/mol. The Bertz CT molecular complexity index is 509. The van der Waals surface area contributed by atoms with Gasteiger partial charge in [0.1, 0.15) is 0 Å². The molecular weight excluding hydrogens is 288 g/mol. The molecule has 5 heteroatoms. The Labute approximate surface area is 131 Å². The van der Waals surface area contributed by atoms with E-state index in [9.17, 15) is 5.11 Å². The topological polar surface area (TPSA) is 44.7 Å². The zero-order valence-electron chi connectivity index (χ0n) is 12.4. The van der Waals surface area contributed by atoms with Crippen LogP contribution in [0.3, 0.4) is 0 Å². The SMILES string of the molecule is COc1cc(Cl)cc(CNC2CCN3CCCCC23)c1O. The minimum Gasteiger partial charge on any atom is -0.504 e. The first-order valence-electron chi connectivity index (χ1n) is 7.72. The lowest BCUT2D eigenvalue weighted by Gasteiger charge is -2.32. The zero-order valence-corrected chi connectivity index (χ0v) is 13.2. The molecule has 0 bridgehead atoms. The van der Waals surface area contributed by atoms with Gasteiger partial charge in [-0.3, -0.25) is 4.90 Å². The molecule has 0 aliphatic carbocycles. The summed E-state index contributed by atoms with van der Waals surface area (Å²) in [6, 6.07) is 4.61. The van der Waals surface area contributed by atoms with Gasteiger partial charge in [0.25, 0.3) is 0 Å². The van der Waals surface area contributed by atoms with Crippen molar-refractivity contribution in [2.75, 3.05) is 20.2 Å². The number of phenols is 1. The Hall–Kier alpha value is -0.970. The number of phenolic OH excluding ortho intramolecular Hbond substituents is 1. The van der Waals surface area contributed by atoms with Crippen LogP contribution in [-0.2, 0) is 6.54 Å². The van der Waals surface area contributed by atoms with Gasteiger partial charge in [-0.1, -0.05) is 18.0 Å². The first-order valence-corrected chi connectivity index (χ1v) is 8.09. The number of methoxy groups -OCH3 is 1. The van der Waals surface area contributed by atoms with Crippen molar-refractivity contribution in [3.05, 3.63) is 22.7 Å². The van der Waals surface area contributed by atoms with Crippen molar-refractivity contribution < 1.29 is 9.84 Å². The highest BCUT2D eigenvalue weighted by Gasteiger charge is 2.35. The monoisotopic (exact) mass is 310 g/mol. The van der Waals surface area contributed by atoms with E-state index in [0.29, 0.717) is 29.4 Å². The number of hydrogen-bond acceptors (Lipinski definition) is 4. The number of nitrogens with zero attached hydrogens (tertiary/aromatic N) is 1. The fourth-order valence-corrected chi connectivity index (χ4v) is 3.88. The third kappa shape index (κ3) is 3.12. The summed E-state index contributed by atoms with van der Waals surface area (Å²) in [5.41, 5.74) is 0.800. The minimum absolute atomic E-state index is 0.188. The Morgan fingerprint density at radius 1 is 1.33 bits per heavy atom. The summed E-state index contributed by atoms with van der Waals surface area (Å²) in [7, 11) is 1.54. The van der Waals surface area contributed by atoms with Gasteiger partial charge in [0.05, 0.1) is 7.11 Å². The van der Waals surface area contributed by atoms with Crippen LogP contribution in [0.25, 0.3) is 0 Å². The molecule has 2 aliphatic rings. The van der Waals surface area contributed by atoms with Gasteiger partial charge in [-0.15, -0.1) is 0 Å². The van der Waals surface area contributed by atoms with Crippen molar-refractivity contribution >= 4 is 11.6 Å². The number of benzene rings is 1. The van der Waals surface area contributed by atoms with Crippen LogP contribution in [0.15, 0.2) is 12.1 Å². The number of aromatic hydroxyl groups is 1. The van der Waals surface area contributed by atoms with Gasteiger partial charge in [-0.2, -0.15) is 0 Å². The molecule has 2 heterocycles. The molecule has 0 amide bonds. The fourth-order valence-electron chi connectivity index (χ4n) is 3.65. The van der Waals surface area contributed by atoms with E-state index in [4.69, 9.17) is 16.3 Å². The van der Waals surface area contributed by atoms with Crippen LogP contribution in [0.2, 0.25) is 5.02 Å². The maximum atomic E-state index is 10.2. The number of rotatable bonds is 4. The molecule has 0 radical (unpaired) electrons. The third-order valence-electron chi connectivity index (χ3n) is 4.75. The van der Waals surface area contributed by atoms with Gasteiger partial charge in [0.2, 0.25) is 0 Å². The number of ether oxygens (including phenoxy) is 1. The van der Waals surface area contributed by atoms with Gasteiger partial charge >= 0.3 is 0 Å². The summed E-state index contributed by atoms with van der Waals surface area (Å²) in [5.74, 6) is 0.623. The van der Waals surface area contributed by atoms with E-state index in [1.165, 1.54) is 38.8 Å². The highest BCUT2D eigenvalue weighted by Crippen LogP contribution is 2.34. The lowest BCUT2D eigenvalue weighted by Crippen LogP contribution is -2.44. The molecule has 3 rings (SSSR count). The second-order valence-electron chi connectivity index (χ2n) is 5.99. The number of fused-ring (bicyclic) bond motifs is 1. The number of nitrogens with one attached hydrogen (secondary N) is 1. The molecule has 0 spiro atoms. The molecule has 2 N–H and O–H groups in total. The number of halogens is 1. The van der Waals surface area contributed by atoms with E-state index < -0.39 is 0 Å². The van der Waals surface area contributed by atoms with Crippen LogP contribution in [0, 0.1) is 0 Å². The van der Waals surface area contributed by atoms with Gasteiger partial charge in [-0.25, -0.2) is 0 Å². The van der Waals surface area contributed by atoms with E-state index >= 15 is 0 Å². The Balaban J connectivity index is 1.66. The molecule has 116 valence electrons. The molecule has 1 aromatic carbocycles. The molecule has 1 aromatic rings. The lowest BCUT2D eigenvalue weighted by atomic mass is 9.99. The first-order chi connectivity index (χ1) is 10.2. The van der Waals surface area contributed by atoms with Crippen LogP contribution < -0.4 is 10.1 Å². The van der Waals surface area contributed by atoms with Crippen LogP contribution in [0.5, 0.6) is 11.5 Å². The maximum absolute atomic E-state index is 10.2. The first kappa shape index (κ1) is 14.9. The van der Waals surface area contributed by atoms with E-state index in [0.717, 1.165) is 5.56 Å². The predicted octanol–water partition coefficient (Wildman–Crippen LogP) is 2.77. The van der Waals surface area contributed by atoms with Crippen LogP contribution in [0.1, 0.15) is 31.2 Å². The van der Waals surface area contributed by atoms with Gasteiger partial charge in [-0.05, 0) is 31.9 Å². The molecule has 2 saturated heterocycles.